The van der Waals surface area contributed by atoms with Gasteiger partial charge < -0.3 is 14.3 Å². The van der Waals surface area contributed by atoms with Crippen LogP contribution in [-0.2, 0) is 28.7 Å². The second kappa shape index (κ2) is 8.12. The molecule has 0 saturated carbocycles. The number of hydrogen-bond acceptors (Lipinski definition) is 7. The van der Waals surface area contributed by atoms with E-state index < -0.39 is 17.4 Å². The number of carbonyl (C=O) groups is 3. The highest BCUT2D eigenvalue weighted by atomic mass is 16.7. The van der Waals surface area contributed by atoms with E-state index >= 15 is 0 Å². The van der Waals surface area contributed by atoms with E-state index in [2.05, 4.69) is 4.74 Å². The highest BCUT2D eigenvalue weighted by molar-refractivity contribution is 5.77. The van der Waals surface area contributed by atoms with E-state index in [0.29, 0.717) is 19.5 Å². The first-order valence-corrected chi connectivity index (χ1v) is 7.46. The lowest BCUT2D eigenvalue weighted by atomic mass is 9.98. The molecule has 126 valence electrons. The first-order chi connectivity index (χ1) is 10.2. The van der Waals surface area contributed by atoms with Crippen molar-refractivity contribution in [3.05, 3.63) is 0 Å². The molecule has 1 atom stereocenters. The van der Waals surface area contributed by atoms with E-state index in [9.17, 15) is 14.4 Å². The summed E-state index contributed by atoms with van der Waals surface area (Å²) >= 11 is 0. The molecular formula is C15H25NO6. The van der Waals surface area contributed by atoms with Crippen LogP contribution < -0.4 is 0 Å². The van der Waals surface area contributed by atoms with E-state index in [4.69, 9.17) is 9.57 Å². The van der Waals surface area contributed by atoms with Crippen LogP contribution in [0.25, 0.3) is 0 Å². The van der Waals surface area contributed by atoms with Crippen LogP contribution in [0.1, 0.15) is 46.5 Å². The number of carbonyl (C=O) groups excluding carboxylic acids is 3. The molecule has 1 rings (SSSR count). The Bertz CT molecular complexity index is 415. The molecule has 22 heavy (non-hydrogen) atoms. The van der Waals surface area contributed by atoms with Crippen LogP contribution in [-0.4, -0.2) is 49.3 Å². The van der Waals surface area contributed by atoms with Gasteiger partial charge in [0.05, 0.1) is 31.9 Å². The van der Waals surface area contributed by atoms with Crippen LogP contribution in [0.4, 0.5) is 0 Å². The number of piperidine rings is 1. The summed E-state index contributed by atoms with van der Waals surface area (Å²) in [6.07, 6.45) is 1.15. The Hall–Kier alpha value is -1.63. The molecule has 0 aliphatic carbocycles. The van der Waals surface area contributed by atoms with Gasteiger partial charge in [0.25, 0.3) is 0 Å². The number of esters is 2. The summed E-state index contributed by atoms with van der Waals surface area (Å²) in [5.74, 6) is -1.20. The lowest BCUT2D eigenvalue weighted by Crippen LogP contribution is -2.43. The molecule has 0 N–H and O–H groups in total. The topological polar surface area (TPSA) is 82.1 Å². The van der Waals surface area contributed by atoms with Gasteiger partial charge in [0.2, 0.25) is 0 Å². The molecule has 1 fully saturated rings. The normalized spacial score (nSPS) is 19.4. The summed E-state index contributed by atoms with van der Waals surface area (Å²) in [6, 6.07) is 0. The number of ether oxygens (including phenoxy) is 2. The van der Waals surface area contributed by atoms with Gasteiger partial charge >= 0.3 is 17.9 Å². The van der Waals surface area contributed by atoms with Crippen molar-refractivity contribution >= 4 is 17.9 Å². The van der Waals surface area contributed by atoms with Crippen molar-refractivity contribution in [1.29, 1.82) is 0 Å². The fourth-order valence-corrected chi connectivity index (χ4v) is 1.89. The predicted molar refractivity (Wildman–Crippen MR) is 77.5 cm³/mol. The number of hydroxylamine groups is 2. The van der Waals surface area contributed by atoms with Crippen molar-refractivity contribution < 1.29 is 28.7 Å². The second-order valence-corrected chi connectivity index (χ2v) is 6.35. The molecule has 0 amide bonds. The minimum atomic E-state index is -0.579. The van der Waals surface area contributed by atoms with Crippen molar-refractivity contribution in [1.82, 2.24) is 5.06 Å². The van der Waals surface area contributed by atoms with Gasteiger partial charge in [-0.25, -0.2) is 4.79 Å². The Kier molecular flexibility index (Phi) is 6.80. The first-order valence-electron chi connectivity index (χ1n) is 7.46. The van der Waals surface area contributed by atoms with Gasteiger partial charge in [0.1, 0.15) is 6.10 Å². The summed E-state index contributed by atoms with van der Waals surface area (Å²) in [6.45, 7) is 6.32. The third kappa shape index (κ3) is 6.43. The average molecular weight is 315 g/mol. The third-order valence-electron chi connectivity index (χ3n) is 3.22. The molecule has 0 bridgehead atoms. The Labute approximate surface area is 130 Å². The average Bonchev–Trinajstić information content (AvgIpc) is 2.44. The molecule has 0 spiro atoms. The third-order valence-corrected chi connectivity index (χ3v) is 3.22. The largest absolute Gasteiger partial charge is 0.469 e. The Morgan fingerprint density at radius 1 is 1.14 bits per heavy atom. The molecule has 1 unspecified atom stereocenters. The smallest absolute Gasteiger partial charge is 0.330 e. The minimum Gasteiger partial charge on any atom is -0.469 e. The van der Waals surface area contributed by atoms with E-state index in [0.717, 1.165) is 6.42 Å². The fraction of sp³-hybridized carbons (Fsp3) is 0.800. The maximum atomic E-state index is 11.8. The molecule has 0 aromatic heterocycles. The van der Waals surface area contributed by atoms with Gasteiger partial charge in [-0.05, 0) is 33.6 Å². The second-order valence-electron chi connectivity index (χ2n) is 6.35. The Balaban J connectivity index is 2.38. The molecule has 0 radical (unpaired) electrons. The van der Waals surface area contributed by atoms with Gasteiger partial charge in [-0.1, -0.05) is 0 Å². The van der Waals surface area contributed by atoms with Gasteiger partial charge in [-0.3, -0.25) is 9.59 Å². The number of methoxy groups -OCH3 is 1. The maximum absolute atomic E-state index is 11.8. The molecular weight excluding hydrogens is 290 g/mol. The molecule has 0 aromatic rings. The lowest BCUT2D eigenvalue weighted by molar-refractivity contribution is -0.213. The number of hydrogen-bond donors (Lipinski definition) is 0. The van der Waals surface area contributed by atoms with Gasteiger partial charge in [0.15, 0.2) is 0 Å². The van der Waals surface area contributed by atoms with Crippen molar-refractivity contribution in [2.45, 2.75) is 52.6 Å². The lowest BCUT2D eigenvalue weighted by Gasteiger charge is -2.32. The number of nitrogens with zero attached hydrogens (tertiary/aromatic N) is 1. The van der Waals surface area contributed by atoms with Crippen molar-refractivity contribution in [3.8, 4) is 0 Å². The number of rotatable bonds is 5. The Morgan fingerprint density at radius 2 is 1.77 bits per heavy atom. The first kappa shape index (κ1) is 18.4. The summed E-state index contributed by atoms with van der Waals surface area (Å²) < 4.78 is 9.77. The molecule has 7 heteroatoms. The van der Waals surface area contributed by atoms with Crippen LogP contribution in [0.15, 0.2) is 0 Å². The minimum absolute atomic E-state index is 0.00474. The van der Waals surface area contributed by atoms with E-state index in [-0.39, 0.29) is 24.9 Å². The maximum Gasteiger partial charge on any atom is 0.330 e. The zero-order chi connectivity index (χ0) is 16.8. The zero-order valence-corrected chi connectivity index (χ0v) is 13.7. The van der Waals surface area contributed by atoms with Crippen LogP contribution >= 0.6 is 0 Å². The van der Waals surface area contributed by atoms with Crippen LogP contribution in [0, 0.1) is 5.41 Å². The molecule has 1 heterocycles. The SMILES string of the molecule is COC(=O)CCC(=O)OC1CCCN(OC(=O)C(C)(C)C)C1. The van der Waals surface area contributed by atoms with Crippen LogP contribution in [0.5, 0.6) is 0 Å². The molecule has 1 aliphatic rings. The summed E-state index contributed by atoms with van der Waals surface area (Å²) in [5.41, 5.74) is -0.579. The highest BCUT2D eigenvalue weighted by Gasteiger charge is 2.30. The monoisotopic (exact) mass is 315 g/mol. The zero-order valence-electron chi connectivity index (χ0n) is 13.7. The van der Waals surface area contributed by atoms with Crippen LogP contribution in [0.3, 0.4) is 0 Å². The summed E-state index contributed by atoms with van der Waals surface area (Å²) in [7, 11) is 1.27. The molecule has 7 nitrogen and oxygen atoms in total. The van der Waals surface area contributed by atoms with E-state index in [1.54, 1.807) is 20.8 Å². The van der Waals surface area contributed by atoms with Gasteiger partial charge in [-0.15, -0.1) is 5.06 Å². The predicted octanol–water partition coefficient (Wildman–Crippen LogP) is 1.45. The molecule has 1 saturated heterocycles. The quantitative estimate of drug-likeness (QED) is 0.710. The van der Waals surface area contributed by atoms with Crippen molar-refractivity contribution in [2.75, 3.05) is 20.2 Å². The Morgan fingerprint density at radius 3 is 2.36 bits per heavy atom. The summed E-state index contributed by atoms with van der Waals surface area (Å²) in [5, 5.41) is 1.54. The van der Waals surface area contributed by atoms with Crippen molar-refractivity contribution in [3.63, 3.8) is 0 Å². The fourth-order valence-electron chi connectivity index (χ4n) is 1.89. The molecule has 0 aromatic carbocycles. The molecule has 1 aliphatic heterocycles. The summed E-state index contributed by atoms with van der Waals surface area (Å²) in [4.78, 5) is 39.8. The van der Waals surface area contributed by atoms with Gasteiger partial charge in [0, 0.05) is 6.54 Å². The standard InChI is InChI=1S/C15H25NO6/c1-15(2,3)14(19)22-16-9-5-6-11(10-16)21-13(18)8-7-12(17)20-4/h11H,5-10H2,1-4H3. The highest BCUT2D eigenvalue weighted by Crippen LogP contribution is 2.20. The van der Waals surface area contributed by atoms with E-state index in [1.807, 2.05) is 0 Å². The van der Waals surface area contributed by atoms with Crippen LogP contribution in [0.2, 0.25) is 0 Å². The van der Waals surface area contributed by atoms with Crippen molar-refractivity contribution in [2.24, 2.45) is 5.41 Å². The van der Waals surface area contributed by atoms with E-state index in [1.165, 1.54) is 12.2 Å². The van der Waals surface area contributed by atoms with Gasteiger partial charge in [-0.2, -0.15) is 0 Å².